The predicted molar refractivity (Wildman–Crippen MR) is 304 cm³/mol. The Balaban J connectivity index is 0.00000924. The molecular weight excluding hydrogens is 1040 g/mol. The summed E-state index contributed by atoms with van der Waals surface area (Å²) in [5, 5.41) is 31.3. The Morgan fingerprint density at radius 3 is 2.38 bits per heavy atom. The molecular formula is C59H72F2LiN11O6S. The van der Waals surface area contributed by atoms with Gasteiger partial charge in [-0.2, -0.15) is 9.97 Å². The molecule has 0 spiro atoms. The third kappa shape index (κ3) is 14.8. The minimum Gasteiger partial charge on any atom is -0.508 e. The van der Waals surface area contributed by atoms with E-state index in [9.17, 15) is 29.0 Å². The smallest absolute Gasteiger partial charge is 0.508 e. The summed E-state index contributed by atoms with van der Waals surface area (Å²) < 4.78 is 37.9. The van der Waals surface area contributed by atoms with E-state index in [1.807, 2.05) is 69.4 Å². The van der Waals surface area contributed by atoms with Gasteiger partial charge in [0.2, 0.25) is 17.7 Å². The number of thiazole rings is 1. The number of amides is 3. The number of anilines is 1. The molecule has 2 aliphatic heterocycles. The van der Waals surface area contributed by atoms with Crippen molar-refractivity contribution in [2.45, 2.75) is 97.0 Å². The Hall–Kier alpha value is -6.29. The van der Waals surface area contributed by atoms with Crippen molar-refractivity contribution in [3.8, 4) is 45.8 Å². The fourth-order valence-corrected chi connectivity index (χ4v) is 11.1. The molecule has 0 radical (unpaired) electrons. The molecule has 2 aliphatic rings. The fourth-order valence-electron chi connectivity index (χ4n) is 10.3. The number of β-amino-alcohol motifs (C(OH)–C–C–N with tert-alkyl or cyclic N) is 1. The third-order valence-electron chi connectivity index (χ3n) is 14.8. The molecule has 2 unspecified atom stereocenters. The van der Waals surface area contributed by atoms with Gasteiger partial charge in [-0.15, -0.1) is 23.8 Å². The van der Waals surface area contributed by atoms with Crippen LogP contribution >= 0.6 is 11.3 Å². The minimum atomic E-state index is -0.886. The van der Waals surface area contributed by atoms with Gasteiger partial charge in [-0.3, -0.25) is 19.4 Å². The number of nitrogens with one attached hydrogen (secondary N) is 3. The average molecular weight is 1110 g/mol. The van der Waals surface area contributed by atoms with E-state index >= 15 is 4.39 Å². The van der Waals surface area contributed by atoms with Crippen molar-refractivity contribution in [3.05, 3.63) is 95.6 Å². The number of halogens is 2. The number of aromatic hydroxyl groups is 1. The third-order valence-corrected chi connectivity index (χ3v) is 15.7. The predicted octanol–water partition coefficient (Wildman–Crippen LogP) is 3.86. The molecule has 4 atom stereocenters. The van der Waals surface area contributed by atoms with Crippen LogP contribution in [0, 0.1) is 43.2 Å². The van der Waals surface area contributed by atoms with Crippen molar-refractivity contribution in [2.75, 3.05) is 78.0 Å². The molecule has 3 amide bonds. The number of rotatable bonds is 22. The van der Waals surface area contributed by atoms with Crippen LogP contribution in [0.5, 0.6) is 11.8 Å². The number of aryl methyl sites for hydroxylation is 1. The van der Waals surface area contributed by atoms with Gasteiger partial charge < -0.3 is 57.4 Å². The molecule has 420 valence electrons. The van der Waals surface area contributed by atoms with Gasteiger partial charge in [0.25, 0.3) is 0 Å². The van der Waals surface area contributed by atoms with Crippen LogP contribution in [0.3, 0.4) is 0 Å². The first-order valence-electron chi connectivity index (χ1n) is 27.0. The van der Waals surface area contributed by atoms with Crippen LogP contribution in [0.15, 0.2) is 60.2 Å². The summed E-state index contributed by atoms with van der Waals surface area (Å²) >= 11 is 1.57. The number of unbranched alkanes of at least 4 members (excludes halogenated alkanes) is 2. The molecule has 3 aromatic carbocycles. The number of piperazine rings is 1. The number of aliphatic hydroxyl groups is 1. The Labute approximate surface area is 483 Å². The van der Waals surface area contributed by atoms with Crippen molar-refractivity contribution in [3.63, 3.8) is 0 Å². The van der Waals surface area contributed by atoms with Crippen LogP contribution in [0.1, 0.15) is 76.1 Å². The normalized spacial score (nSPS) is 16.7. The van der Waals surface area contributed by atoms with Gasteiger partial charge in [-0.1, -0.05) is 63.4 Å². The number of fused-ring (bicyclic) bond motifs is 2. The van der Waals surface area contributed by atoms with Gasteiger partial charge in [0, 0.05) is 89.4 Å². The molecule has 2 fully saturated rings. The number of ether oxygens (including phenoxy) is 1. The number of pyridine rings is 1. The largest absolute Gasteiger partial charge is 1.00 e. The van der Waals surface area contributed by atoms with Gasteiger partial charge >= 0.3 is 24.9 Å². The maximum absolute atomic E-state index is 16.8. The van der Waals surface area contributed by atoms with Crippen molar-refractivity contribution < 1.29 is 57.0 Å². The van der Waals surface area contributed by atoms with Crippen LogP contribution in [0.25, 0.3) is 43.4 Å². The van der Waals surface area contributed by atoms with Crippen LogP contribution in [-0.4, -0.2) is 160 Å². The van der Waals surface area contributed by atoms with Crippen LogP contribution < -0.4 is 44.4 Å². The van der Waals surface area contributed by atoms with E-state index in [0.29, 0.717) is 36.0 Å². The Bertz CT molecular complexity index is 3180. The van der Waals surface area contributed by atoms with E-state index < -0.39 is 35.2 Å². The molecule has 2 saturated heterocycles. The maximum Gasteiger partial charge on any atom is 1.00 e. The number of carbonyl (C=O) groups excluding carboxylic acids is 3. The molecule has 0 aliphatic carbocycles. The van der Waals surface area contributed by atoms with Crippen molar-refractivity contribution in [1.82, 2.24) is 50.6 Å². The number of aliphatic hydroxyl groups excluding tert-OH is 1. The maximum atomic E-state index is 16.8. The van der Waals surface area contributed by atoms with Crippen molar-refractivity contribution in [1.29, 1.82) is 0 Å². The quantitative estimate of drug-likeness (QED) is 0.0284. The van der Waals surface area contributed by atoms with Crippen LogP contribution in [-0.2, 0) is 20.9 Å². The summed E-state index contributed by atoms with van der Waals surface area (Å²) in [5.41, 5.74) is 3.89. The zero-order chi connectivity index (χ0) is 56.5. The zero-order valence-electron chi connectivity index (χ0n) is 47.0. The van der Waals surface area contributed by atoms with Crippen molar-refractivity contribution >= 4 is 56.6 Å². The standard InChI is InChI=1S/C59H72F2N11O6S.Li/c1-9-43-46(60)20-19-40-28-41(73)29-44(49(40)43)51-50(61)52-45(32-63-51)55(69(8)33-36(2)62-7)68-58(67-52)78-27-13-22-71-25-23-70(24-26-71)21-12-10-11-14-48(75)66-54(59(4,5)6)57(77)72-34-42(74)30-47(72)56(76)64-31-38-15-17-39(18-16-38)53-37(3)65-35-79-53;/h1,15-20,28-29,32,35-36,42,47,54,62,73-74H,2,10-14,21-27,30-31,33-34H2,3-8H3,(H,64,76)(H,66,75);/q-1;+1/t36?,42-,47?,54-;/m1./s1. The minimum absolute atomic E-state index is 0. The van der Waals surface area contributed by atoms with Gasteiger partial charge in [0.05, 0.1) is 39.7 Å². The molecule has 8 rings (SSSR count). The topological polar surface area (TPSA) is 202 Å². The van der Waals surface area contributed by atoms with Crippen LogP contribution in [0.4, 0.5) is 14.6 Å². The first-order valence-corrected chi connectivity index (χ1v) is 27.8. The summed E-state index contributed by atoms with van der Waals surface area (Å²) in [7, 11) is 3.60. The number of benzene rings is 3. The van der Waals surface area contributed by atoms with E-state index in [0.717, 1.165) is 73.8 Å². The number of terminal acetylenes is 1. The van der Waals surface area contributed by atoms with E-state index in [1.165, 1.54) is 35.4 Å². The number of phenols is 1. The molecule has 0 saturated carbocycles. The fraction of sp³-hybridized carbons (Fsp3) is 0.458. The number of likely N-dealkylation sites (N-methyl/N-ethyl adjacent to an activating group) is 2. The molecule has 5 N–H and O–H groups in total. The average Bonchev–Trinajstić information content (AvgIpc) is 4.06. The first-order chi connectivity index (χ1) is 37.8. The van der Waals surface area contributed by atoms with E-state index in [1.54, 1.807) is 18.4 Å². The zero-order valence-corrected chi connectivity index (χ0v) is 47.8. The summed E-state index contributed by atoms with van der Waals surface area (Å²) in [5.74, 6) is 0.153. The number of likely N-dealkylation sites (tertiary alicyclic amines) is 1. The van der Waals surface area contributed by atoms with Gasteiger partial charge in [0.1, 0.15) is 40.7 Å². The molecule has 0 bridgehead atoms. The SMILES string of the molecule is C#Cc1c(F)ccc2cc(O)cc(-c3ncc4c(N(C)CC([CH2-])NC)nc(OCCCN5CCN(CCCCCC(=O)N[C@H](C(=O)N6C[C@H](O)CC6C(=O)NCc6ccc(-c7scnc7C)cc6)C(C)(C)C)CC5)nc4c3F)c12.[Li+]. The number of carbonyl (C=O) groups is 3. The molecule has 5 heterocycles. The number of hydrogen-bond acceptors (Lipinski definition) is 15. The molecule has 21 heteroatoms. The van der Waals surface area contributed by atoms with Gasteiger partial charge in [-0.25, -0.2) is 13.8 Å². The Morgan fingerprint density at radius 1 is 1.00 bits per heavy atom. The summed E-state index contributed by atoms with van der Waals surface area (Å²) in [6.07, 6.45) is 9.78. The summed E-state index contributed by atoms with van der Waals surface area (Å²) in [6.45, 7) is 17.9. The van der Waals surface area contributed by atoms with E-state index in [-0.39, 0.29) is 115 Å². The van der Waals surface area contributed by atoms with Crippen LogP contribution in [0.2, 0.25) is 0 Å². The van der Waals surface area contributed by atoms with Gasteiger partial charge in [-0.05, 0) is 79.9 Å². The number of nitrogens with zero attached hydrogens (tertiary/aromatic N) is 8. The van der Waals surface area contributed by atoms with Gasteiger partial charge in [0.15, 0.2) is 5.82 Å². The second-order valence-corrected chi connectivity index (χ2v) is 22.5. The summed E-state index contributed by atoms with van der Waals surface area (Å²) in [6, 6.07) is 11.4. The Kier molecular flexibility index (Phi) is 21.0. The Morgan fingerprint density at radius 2 is 1.71 bits per heavy atom. The number of aromatic nitrogens is 4. The molecule has 3 aromatic heterocycles. The molecule has 17 nitrogen and oxygen atoms in total. The monoisotopic (exact) mass is 1110 g/mol. The number of hydrogen-bond donors (Lipinski definition) is 5. The van der Waals surface area contributed by atoms with E-state index in [2.05, 4.69) is 53.5 Å². The second-order valence-electron chi connectivity index (χ2n) is 21.7. The number of phenolic OH excluding ortho intramolecular Hbond substituents is 1. The van der Waals surface area contributed by atoms with Crippen molar-refractivity contribution in [2.24, 2.45) is 5.41 Å². The van der Waals surface area contributed by atoms with E-state index in [4.69, 9.17) is 16.1 Å². The molecule has 80 heavy (non-hydrogen) atoms. The molecule has 6 aromatic rings. The second kappa shape index (κ2) is 27.4. The summed E-state index contributed by atoms with van der Waals surface area (Å²) in [4.78, 5) is 68.1. The first kappa shape index (κ1) is 61.3.